The molecule has 4 rings (SSSR count). The zero-order valence-corrected chi connectivity index (χ0v) is 16.4. The van der Waals surface area contributed by atoms with Gasteiger partial charge in [0.15, 0.2) is 5.13 Å². The smallest absolute Gasteiger partial charge is 0.236 e. The van der Waals surface area contributed by atoms with Crippen LogP contribution in [0.4, 0.5) is 5.13 Å². The quantitative estimate of drug-likeness (QED) is 0.458. The lowest BCUT2D eigenvalue weighted by molar-refractivity contribution is -0.113. The number of nitrogens with one attached hydrogen (secondary N) is 1. The largest absolute Gasteiger partial charge is 0.301 e. The third kappa shape index (κ3) is 4.62. The Kier molecular flexibility index (Phi) is 5.75. The van der Waals surface area contributed by atoms with Gasteiger partial charge in [-0.05, 0) is 23.3 Å². The summed E-state index contributed by atoms with van der Waals surface area (Å²) in [6.45, 7) is 0. The lowest BCUT2D eigenvalue weighted by atomic mass is 10.0. The van der Waals surface area contributed by atoms with Crippen LogP contribution in [0.3, 0.4) is 0 Å². The van der Waals surface area contributed by atoms with Gasteiger partial charge in [0.1, 0.15) is 5.03 Å². The highest BCUT2D eigenvalue weighted by molar-refractivity contribution is 7.99. The van der Waals surface area contributed by atoms with E-state index in [2.05, 4.69) is 44.8 Å². The monoisotopic (exact) mass is 404 g/mol. The Morgan fingerprint density at radius 2 is 1.64 bits per heavy atom. The summed E-state index contributed by atoms with van der Waals surface area (Å²) in [5.74, 6) is 0.154. The first-order chi connectivity index (χ1) is 13.8. The number of carbonyl (C=O) groups is 1. The zero-order chi connectivity index (χ0) is 19.2. The van der Waals surface area contributed by atoms with Crippen LogP contribution in [0.25, 0.3) is 22.4 Å². The van der Waals surface area contributed by atoms with E-state index in [1.807, 2.05) is 47.8 Å². The number of benzene rings is 2. The lowest BCUT2D eigenvalue weighted by Crippen LogP contribution is -2.13. The Hall–Kier alpha value is -3.03. The Labute approximate surface area is 170 Å². The molecule has 2 heterocycles. The fourth-order valence-electron chi connectivity index (χ4n) is 2.60. The Morgan fingerprint density at radius 1 is 0.893 bits per heavy atom. The summed E-state index contributed by atoms with van der Waals surface area (Å²) in [5, 5.41) is 14.4. The van der Waals surface area contributed by atoms with E-state index in [9.17, 15) is 4.79 Å². The van der Waals surface area contributed by atoms with Gasteiger partial charge in [-0.3, -0.25) is 4.79 Å². The van der Waals surface area contributed by atoms with Crippen LogP contribution in [0.5, 0.6) is 0 Å². The van der Waals surface area contributed by atoms with E-state index in [1.165, 1.54) is 28.7 Å². The summed E-state index contributed by atoms with van der Waals surface area (Å²) >= 11 is 2.74. The molecule has 1 N–H and O–H groups in total. The van der Waals surface area contributed by atoms with Crippen molar-refractivity contribution in [3.05, 3.63) is 78.3 Å². The maximum absolute atomic E-state index is 11.9. The molecule has 1 amide bonds. The molecule has 0 radical (unpaired) electrons. The molecule has 0 aliphatic carbocycles. The highest BCUT2D eigenvalue weighted by Crippen LogP contribution is 2.24. The van der Waals surface area contributed by atoms with Crippen molar-refractivity contribution >= 4 is 34.1 Å². The normalized spacial score (nSPS) is 10.6. The average molecular weight is 405 g/mol. The predicted molar refractivity (Wildman–Crippen MR) is 114 cm³/mol. The maximum Gasteiger partial charge on any atom is 0.236 e. The SMILES string of the molecule is O=C(CSc1ccc(-c2ccc(-c3ccccc3)cc2)nn1)Nc1nccs1. The second kappa shape index (κ2) is 8.77. The number of anilines is 1. The molecule has 0 aliphatic rings. The number of hydrogen-bond acceptors (Lipinski definition) is 6. The summed E-state index contributed by atoms with van der Waals surface area (Å²) in [6, 6.07) is 22.3. The minimum absolute atomic E-state index is 0.109. The summed E-state index contributed by atoms with van der Waals surface area (Å²) in [5.41, 5.74) is 4.15. The standard InChI is InChI=1S/C21H16N4OS2/c26-19(23-21-22-12-13-27-21)14-28-20-11-10-18(24-25-20)17-8-6-16(7-9-17)15-4-2-1-3-5-15/h1-13H,14H2,(H,22,23,26). The van der Waals surface area contributed by atoms with E-state index >= 15 is 0 Å². The fourth-order valence-corrected chi connectivity index (χ4v) is 3.75. The van der Waals surface area contributed by atoms with Crippen LogP contribution in [0.15, 0.2) is 83.3 Å². The maximum atomic E-state index is 11.9. The summed E-state index contributed by atoms with van der Waals surface area (Å²) < 4.78 is 0. The van der Waals surface area contributed by atoms with Crippen molar-refractivity contribution < 1.29 is 4.79 Å². The van der Waals surface area contributed by atoms with Crippen LogP contribution in [0.1, 0.15) is 0 Å². The molecule has 0 aliphatic heterocycles. The molecule has 28 heavy (non-hydrogen) atoms. The van der Waals surface area contributed by atoms with E-state index in [1.54, 1.807) is 6.20 Å². The molecule has 4 aromatic rings. The number of amides is 1. The van der Waals surface area contributed by atoms with E-state index in [0.29, 0.717) is 10.2 Å². The van der Waals surface area contributed by atoms with Crippen molar-refractivity contribution in [2.45, 2.75) is 5.03 Å². The van der Waals surface area contributed by atoms with Crippen molar-refractivity contribution in [3.8, 4) is 22.4 Å². The van der Waals surface area contributed by atoms with E-state index in [0.717, 1.165) is 16.8 Å². The summed E-state index contributed by atoms with van der Waals surface area (Å²) in [4.78, 5) is 15.9. The molecule has 2 aromatic carbocycles. The van der Waals surface area contributed by atoms with Gasteiger partial charge in [0, 0.05) is 17.1 Å². The number of rotatable bonds is 6. The van der Waals surface area contributed by atoms with Gasteiger partial charge in [-0.25, -0.2) is 4.98 Å². The number of thioether (sulfide) groups is 1. The molecule has 0 saturated heterocycles. The lowest BCUT2D eigenvalue weighted by Gasteiger charge is -2.05. The van der Waals surface area contributed by atoms with Crippen molar-refractivity contribution in [2.75, 3.05) is 11.1 Å². The number of aromatic nitrogens is 3. The second-order valence-corrected chi connectivity index (χ2v) is 7.76. The molecule has 0 spiro atoms. The minimum Gasteiger partial charge on any atom is -0.301 e. The first-order valence-electron chi connectivity index (χ1n) is 8.60. The Bertz CT molecular complexity index is 1030. The van der Waals surface area contributed by atoms with Crippen molar-refractivity contribution in [1.82, 2.24) is 15.2 Å². The van der Waals surface area contributed by atoms with Crippen molar-refractivity contribution in [3.63, 3.8) is 0 Å². The highest BCUT2D eigenvalue weighted by atomic mass is 32.2. The Balaban J connectivity index is 1.37. The van der Waals surface area contributed by atoms with Gasteiger partial charge in [-0.1, -0.05) is 66.4 Å². The number of hydrogen-bond donors (Lipinski definition) is 1. The van der Waals surface area contributed by atoms with Gasteiger partial charge >= 0.3 is 0 Å². The van der Waals surface area contributed by atoms with Gasteiger partial charge in [-0.15, -0.1) is 21.5 Å². The van der Waals surface area contributed by atoms with Crippen LogP contribution in [0.2, 0.25) is 0 Å². The van der Waals surface area contributed by atoms with Crippen LogP contribution >= 0.6 is 23.1 Å². The second-order valence-electron chi connectivity index (χ2n) is 5.87. The van der Waals surface area contributed by atoms with Gasteiger partial charge in [0.05, 0.1) is 11.4 Å². The first kappa shape index (κ1) is 18.3. The topological polar surface area (TPSA) is 67.8 Å². The predicted octanol–water partition coefficient (Wildman–Crippen LogP) is 5.00. The molecule has 138 valence electrons. The molecule has 0 atom stereocenters. The third-order valence-electron chi connectivity index (χ3n) is 3.96. The van der Waals surface area contributed by atoms with Gasteiger partial charge in [0.2, 0.25) is 5.91 Å². The van der Waals surface area contributed by atoms with Crippen LogP contribution in [-0.2, 0) is 4.79 Å². The van der Waals surface area contributed by atoms with Crippen molar-refractivity contribution in [1.29, 1.82) is 0 Å². The van der Waals surface area contributed by atoms with Crippen LogP contribution < -0.4 is 5.32 Å². The molecular formula is C21H16N4OS2. The third-order valence-corrected chi connectivity index (χ3v) is 5.57. The minimum atomic E-state index is -0.109. The van der Waals surface area contributed by atoms with E-state index in [-0.39, 0.29) is 11.7 Å². The zero-order valence-electron chi connectivity index (χ0n) is 14.8. The van der Waals surface area contributed by atoms with Crippen LogP contribution in [0, 0.1) is 0 Å². The molecule has 0 fully saturated rings. The molecular weight excluding hydrogens is 388 g/mol. The van der Waals surface area contributed by atoms with Gasteiger partial charge in [0.25, 0.3) is 0 Å². The molecule has 7 heteroatoms. The molecule has 2 aromatic heterocycles. The van der Waals surface area contributed by atoms with E-state index in [4.69, 9.17) is 0 Å². The Morgan fingerprint density at radius 3 is 2.32 bits per heavy atom. The molecule has 5 nitrogen and oxygen atoms in total. The molecule has 0 bridgehead atoms. The first-order valence-corrected chi connectivity index (χ1v) is 10.5. The van der Waals surface area contributed by atoms with Crippen molar-refractivity contribution in [2.24, 2.45) is 0 Å². The fraction of sp³-hybridized carbons (Fsp3) is 0.0476. The molecule has 0 unspecified atom stereocenters. The number of thiazole rings is 1. The van der Waals surface area contributed by atoms with Gasteiger partial charge in [-0.2, -0.15) is 0 Å². The molecule has 0 saturated carbocycles. The van der Waals surface area contributed by atoms with Gasteiger partial charge < -0.3 is 5.32 Å². The average Bonchev–Trinajstić information content (AvgIpc) is 3.26. The number of carbonyl (C=O) groups excluding carboxylic acids is 1. The van der Waals surface area contributed by atoms with Crippen LogP contribution in [-0.4, -0.2) is 26.8 Å². The summed E-state index contributed by atoms with van der Waals surface area (Å²) in [7, 11) is 0. The number of nitrogens with zero attached hydrogens (tertiary/aromatic N) is 3. The summed E-state index contributed by atoms with van der Waals surface area (Å²) in [6.07, 6.45) is 1.66. The van der Waals surface area contributed by atoms with E-state index < -0.39 is 0 Å². The highest BCUT2D eigenvalue weighted by Gasteiger charge is 2.07.